The number of piperazine rings is 1. The van der Waals surface area contributed by atoms with Gasteiger partial charge in [-0.3, -0.25) is 24.6 Å². The molecule has 4 aliphatic rings. The number of aromatic nitrogens is 2. The molecule has 0 aliphatic carbocycles. The van der Waals surface area contributed by atoms with E-state index in [0.29, 0.717) is 36.5 Å². The quantitative estimate of drug-likeness (QED) is 0.147. The number of carbonyl (C=O) groups is 4. The van der Waals surface area contributed by atoms with Crippen molar-refractivity contribution in [2.45, 2.75) is 63.8 Å². The fourth-order valence-corrected chi connectivity index (χ4v) is 8.45. The first-order valence-corrected chi connectivity index (χ1v) is 19.6. The lowest BCUT2D eigenvalue weighted by atomic mass is 9.93. The zero-order valence-corrected chi connectivity index (χ0v) is 32.1. The van der Waals surface area contributed by atoms with Crippen molar-refractivity contribution in [3.8, 4) is 0 Å². The summed E-state index contributed by atoms with van der Waals surface area (Å²) in [6, 6.07) is 2.71. The predicted octanol–water partition coefficient (Wildman–Crippen LogP) is 5.42. The van der Waals surface area contributed by atoms with Crippen LogP contribution < -0.4 is 25.8 Å². The molecule has 19 heteroatoms. The standard InChI is InChI=1S/C40H42F5N9O5/c1-22-29-17-25(41)18-30(42)34(29)59-33(22)35(40(43,44)45)50-39(58)48-26-19-46-38(47-20-26)53-10-7-23(8-11-53)6-9-51-12-14-52(15-13-51)27-2-3-28-24(16-27)21-54(37(28)57)31-4-5-32(55)49-36(31)56/h2-3,16-20,23,31,35H,4-15,21H2,1H3,(H2,48,50,58)(H,49,55,56)/t31?,35-/m1/s1. The molecule has 0 radical (unpaired) electrons. The molecule has 8 rings (SSSR count). The van der Waals surface area contributed by atoms with Crippen LogP contribution >= 0.6 is 0 Å². The number of piperidine rings is 2. The van der Waals surface area contributed by atoms with Gasteiger partial charge in [-0.25, -0.2) is 23.5 Å². The molecule has 2 aromatic heterocycles. The third kappa shape index (κ3) is 8.37. The number of aryl methyl sites for hydroxylation is 1. The SMILES string of the molecule is Cc1c([C@@H](NC(=O)Nc2cnc(N3CCC(CCN4CCN(c5ccc6c(c5)CN(C5CCC(=O)NC5=O)C6=O)CC4)CC3)nc2)C(F)(F)F)oc2c(F)cc(F)cc12. The number of fused-ring (bicyclic) bond motifs is 2. The number of imide groups is 1. The van der Waals surface area contributed by atoms with E-state index in [1.165, 1.54) is 19.3 Å². The van der Waals surface area contributed by atoms with Crippen molar-refractivity contribution in [1.29, 1.82) is 0 Å². The van der Waals surface area contributed by atoms with Crippen molar-refractivity contribution in [2.75, 3.05) is 60.9 Å². The number of nitrogens with one attached hydrogen (secondary N) is 3. The third-order valence-electron chi connectivity index (χ3n) is 11.8. The van der Waals surface area contributed by atoms with Crippen LogP contribution in [-0.2, 0) is 16.1 Å². The highest BCUT2D eigenvalue weighted by molar-refractivity contribution is 6.05. The monoisotopic (exact) mass is 823 g/mol. The van der Waals surface area contributed by atoms with Gasteiger partial charge in [0, 0.05) is 80.5 Å². The normalized spacial score (nSPS) is 19.9. The summed E-state index contributed by atoms with van der Waals surface area (Å²) in [4.78, 5) is 66.8. The zero-order valence-electron chi connectivity index (χ0n) is 32.1. The number of nitrogens with zero attached hydrogens (tertiary/aromatic N) is 6. The molecular weight excluding hydrogens is 781 g/mol. The van der Waals surface area contributed by atoms with E-state index in [-0.39, 0.29) is 34.9 Å². The minimum Gasteiger partial charge on any atom is -0.455 e. The Labute approximate surface area is 335 Å². The first kappa shape index (κ1) is 40.0. The Bertz CT molecular complexity index is 2270. The van der Waals surface area contributed by atoms with Gasteiger partial charge in [0.2, 0.25) is 17.8 Å². The highest BCUT2D eigenvalue weighted by atomic mass is 19.4. The summed E-state index contributed by atoms with van der Waals surface area (Å²) in [6.07, 6.45) is 1.05. The van der Waals surface area contributed by atoms with Gasteiger partial charge < -0.3 is 29.8 Å². The number of furan rings is 1. The van der Waals surface area contributed by atoms with E-state index in [1.807, 2.05) is 28.4 Å². The molecule has 0 bridgehead atoms. The number of rotatable bonds is 9. The second-order valence-corrected chi connectivity index (χ2v) is 15.5. The first-order valence-electron chi connectivity index (χ1n) is 19.6. The lowest BCUT2D eigenvalue weighted by molar-refractivity contribution is -0.158. The van der Waals surface area contributed by atoms with Gasteiger partial charge in [-0.15, -0.1) is 0 Å². The molecule has 59 heavy (non-hydrogen) atoms. The van der Waals surface area contributed by atoms with Crippen LogP contribution in [0.2, 0.25) is 0 Å². The van der Waals surface area contributed by atoms with E-state index < -0.39 is 53.2 Å². The molecule has 3 N–H and O–H groups in total. The average Bonchev–Trinajstić information content (AvgIpc) is 3.71. The van der Waals surface area contributed by atoms with Gasteiger partial charge in [0.05, 0.1) is 18.1 Å². The van der Waals surface area contributed by atoms with Crippen molar-refractivity contribution in [3.63, 3.8) is 0 Å². The van der Waals surface area contributed by atoms with E-state index in [1.54, 1.807) is 4.90 Å². The summed E-state index contributed by atoms with van der Waals surface area (Å²) in [5.74, 6) is -2.86. The number of carbonyl (C=O) groups excluding carboxylic acids is 4. The molecule has 0 spiro atoms. The summed E-state index contributed by atoms with van der Waals surface area (Å²) in [7, 11) is 0. The molecule has 4 aliphatic heterocycles. The van der Waals surface area contributed by atoms with E-state index >= 15 is 0 Å². The van der Waals surface area contributed by atoms with Crippen molar-refractivity contribution in [3.05, 3.63) is 76.8 Å². The Kier molecular flexibility index (Phi) is 10.9. The molecule has 2 aromatic carbocycles. The van der Waals surface area contributed by atoms with Gasteiger partial charge in [0.25, 0.3) is 5.91 Å². The van der Waals surface area contributed by atoms with Gasteiger partial charge in [-0.05, 0) is 74.9 Å². The largest absolute Gasteiger partial charge is 0.455 e. The molecule has 5 amide bonds. The maximum Gasteiger partial charge on any atom is 0.416 e. The minimum atomic E-state index is -5.02. The summed E-state index contributed by atoms with van der Waals surface area (Å²) in [6.45, 7) is 7.49. The van der Waals surface area contributed by atoms with Crippen LogP contribution in [0.5, 0.6) is 0 Å². The molecule has 1 unspecified atom stereocenters. The van der Waals surface area contributed by atoms with Crippen LogP contribution in [0.25, 0.3) is 11.0 Å². The van der Waals surface area contributed by atoms with Crippen LogP contribution in [0.3, 0.4) is 0 Å². The summed E-state index contributed by atoms with van der Waals surface area (Å²) < 4.78 is 75.4. The number of hydrogen-bond donors (Lipinski definition) is 3. The Hall–Kier alpha value is -5.85. The molecule has 6 heterocycles. The number of halogens is 5. The maximum absolute atomic E-state index is 14.2. The van der Waals surface area contributed by atoms with E-state index in [4.69, 9.17) is 4.42 Å². The van der Waals surface area contributed by atoms with E-state index in [9.17, 15) is 41.1 Å². The average molecular weight is 824 g/mol. The molecule has 0 saturated carbocycles. The second kappa shape index (κ2) is 16.1. The van der Waals surface area contributed by atoms with E-state index in [2.05, 4.69) is 30.4 Å². The molecule has 312 valence electrons. The molecule has 2 atom stereocenters. The van der Waals surface area contributed by atoms with Crippen LogP contribution in [-0.4, -0.2) is 102 Å². The number of amides is 5. The Balaban J connectivity index is 0.773. The highest BCUT2D eigenvalue weighted by Gasteiger charge is 2.46. The summed E-state index contributed by atoms with van der Waals surface area (Å²) in [5.41, 5.74) is 1.89. The molecular formula is C40H42F5N9O5. The topological polar surface area (TPSA) is 156 Å². The van der Waals surface area contributed by atoms with Crippen LogP contribution in [0.4, 0.5) is 44.1 Å². The summed E-state index contributed by atoms with van der Waals surface area (Å²) >= 11 is 0. The van der Waals surface area contributed by atoms with Crippen LogP contribution in [0.15, 0.2) is 47.1 Å². The number of urea groups is 1. The number of hydrogen-bond acceptors (Lipinski definition) is 10. The maximum atomic E-state index is 14.2. The minimum absolute atomic E-state index is 0.0549. The zero-order chi connectivity index (χ0) is 41.6. The molecule has 3 saturated heterocycles. The van der Waals surface area contributed by atoms with Gasteiger partial charge in [0.1, 0.15) is 17.6 Å². The lowest BCUT2D eigenvalue weighted by Crippen LogP contribution is -2.52. The van der Waals surface area contributed by atoms with Crippen LogP contribution in [0, 0.1) is 24.5 Å². The van der Waals surface area contributed by atoms with Gasteiger partial charge >= 0.3 is 12.2 Å². The Morgan fingerprint density at radius 3 is 2.39 bits per heavy atom. The van der Waals surface area contributed by atoms with Gasteiger partial charge in [-0.2, -0.15) is 13.2 Å². The summed E-state index contributed by atoms with van der Waals surface area (Å²) in [5, 5.41) is 6.29. The molecule has 4 aromatic rings. The lowest BCUT2D eigenvalue weighted by Gasteiger charge is -2.37. The van der Waals surface area contributed by atoms with Crippen molar-refractivity contribution in [1.82, 2.24) is 30.4 Å². The fraction of sp³-hybridized carbons (Fsp3) is 0.450. The molecule has 14 nitrogen and oxygen atoms in total. The second-order valence-electron chi connectivity index (χ2n) is 15.5. The van der Waals surface area contributed by atoms with Crippen molar-refractivity contribution < 1.29 is 45.5 Å². The highest BCUT2D eigenvalue weighted by Crippen LogP contribution is 2.39. The molecule has 3 fully saturated rings. The number of benzene rings is 2. The number of alkyl halides is 3. The van der Waals surface area contributed by atoms with Crippen molar-refractivity contribution >= 4 is 52.0 Å². The Morgan fingerprint density at radius 2 is 1.69 bits per heavy atom. The third-order valence-corrected chi connectivity index (χ3v) is 11.8. The fourth-order valence-electron chi connectivity index (χ4n) is 8.45. The van der Waals surface area contributed by atoms with Crippen LogP contribution in [0.1, 0.15) is 65.4 Å². The van der Waals surface area contributed by atoms with Crippen molar-refractivity contribution in [2.24, 2.45) is 5.92 Å². The van der Waals surface area contributed by atoms with Gasteiger partial charge in [0.15, 0.2) is 17.4 Å². The number of anilines is 3. The predicted molar refractivity (Wildman–Crippen MR) is 205 cm³/mol. The smallest absolute Gasteiger partial charge is 0.416 e. The van der Waals surface area contributed by atoms with E-state index in [0.717, 1.165) is 82.4 Å². The first-order chi connectivity index (χ1) is 28.2. The Morgan fingerprint density at radius 1 is 0.966 bits per heavy atom. The van der Waals surface area contributed by atoms with Gasteiger partial charge in [-0.1, -0.05) is 0 Å².